The van der Waals surface area contributed by atoms with E-state index in [0.717, 1.165) is 0 Å². The van der Waals surface area contributed by atoms with Crippen molar-refractivity contribution in [2.45, 2.75) is 37.6 Å². The van der Waals surface area contributed by atoms with E-state index in [1.165, 1.54) is 36.7 Å². The Morgan fingerprint density at radius 1 is 1.14 bits per heavy atom. The number of rotatable bonds is 5. The van der Waals surface area contributed by atoms with Gasteiger partial charge in [-0.15, -0.1) is 0 Å². The molecule has 0 spiro atoms. The Morgan fingerprint density at radius 3 is 2.31 bits per heavy atom. The minimum absolute atomic E-state index is 0.0119. The highest BCUT2D eigenvalue weighted by molar-refractivity contribution is 7.92. The van der Waals surface area contributed by atoms with Crippen LogP contribution in [0.4, 0.5) is 11.6 Å². The van der Waals surface area contributed by atoms with Crippen molar-refractivity contribution in [2.75, 3.05) is 16.6 Å². The number of hydrogen-bond acceptors (Lipinski definition) is 6. The van der Waals surface area contributed by atoms with E-state index in [4.69, 9.17) is 0 Å². The number of carbonyl (C=O) groups is 2. The van der Waals surface area contributed by atoms with E-state index in [1.807, 2.05) is 20.8 Å². The first-order chi connectivity index (χ1) is 13.6. The molecule has 1 aromatic heterocycles. The van der Waals surface area contributed by atoms with Crippen LogP contribution in [0.5, 0.6) is 0 Å². The lowest BCUT2D eigenvalue weighted by Gasteiger charge is -2.31. The van der Waals surface area contributed by atoms with E-state index in [1.54, 1.807) is 11.0 Å². The third kappa shape index (κ3) is 4.89. The quantitative estimate of drug-likeness (QED) is 0.766. The van der Waals surface area contributed by atoms with Crippen molar-refractivity contribution in [3.05, 3.63) is 42.7 Å². The molecule has 2 aromatic rings. The van der Waals surface area contributed by atoms with Crippen LogP contribution in [0.25, 0.3) is 0 Å². The van der Waals surface area contributed by atoms with Crippen LogP contribution in [-0.2, 0) is 19.6 Å². The number of sulfonamides is 1. The van der Waals surface area contributed by atoms with E-state index < -0.39 is 15.9 Å². The molecule has 0 aliphatic carbocycles. The van der Waals surface area contributed by atoms with Crippen molar-refractivity contribution in [1.29, 1.82) is 0 Å². The highest BCUT2D eigenvalue weighted by Gasteiger charge is 2.39. The molecule has 29 heavy (non-hydrogen) atoms. The number of nitrogens with zero attached hydrogens (tertiary/aromatic N) is 3. The Bertz CT molecular complexity index is 1000. The first-order valence-electron chi connectivity index (χ1n) is 9.07. The van der Waals surface area contributed by atoms with Gasteiger partial charge in [0, 0.05) is 36.6 Å². The maximum atomic E-state index is 12.5. The van der Waals surface area contributed by atoms with Crippen LogP contribution in [0.15, 0.2) is 47.6 Å². The number of nitrogens with one attached hydrogen (secondary N) is 2. The lowest BCUT2D eigenvalue weighted by atomic mass is 10.1. The Hall–Kier alpha value is -3.01. The molecule has 1 aliphatic heterocycles. The van der Waals surface area contributed by atoms with E-state index in [2.05, 4.69) is 20.0 Å². The van der Waals surface area contributed by atoms with Crippen molar-refractivity contribution in [3.8, 4) is 0 Å². The fourth-order valence-corrected chi connectivity index (χ4v) is 3.98. The van der Waals surface area contributed by atoms with E-state index in [0.29, 0.717) is 12.2 Å². The second-order valence-corrected chi connectivity index (χ2v) is 9.45. The maximum Gasteiger partial charge on any atom is 0.264 e. The summed E-state index contributed by atoms with van der Waals surface area (Å²) in [4.78, 5) is 34.0. The second kappa shape index (κ2) is 7.78. The Kier molecular flexibility index (Phi) is 5.56. The molecule has 1 aliphatic rings. The van der Waals surface area contributed by atoms with Gasteiger partial charge in [0.25, 0.3) is 10.0 Å². The standard InChI is InChI=1S/C19H23N5O4S/c1-19(2,3)24-12-13(11-16(24)25)17(26)22-14-5-7-15(8-6-14)29(27,28)23-18-20-9-4-10-21-18/h4-10,13H,11-12H2,1-3H3,(H,22,26)(H,20,21,23)/t13-/m1/s1. The maximum absolute atomic E-state index is 12.5. The van der Waals surface area contributed by atoms with Crippen LogP contribution in [0.2, 0.25) is 0 Å². The largest absolute Gasteiger partial charge is 0.337 e. The van der Waals surface area contributed by atoms with Gasteiger partial charge in [-0.05, 0) is 51.1 Å². The summed E-state index contributed by atoms with van der Waals surface area (Å²) in [5.41, 5.74) is 0.115. The molecule has 2 N–H and O–H groups in total. The normalized spacial score (nSPS) is 17.3. The van der Waals surface area contributed by atoms with Crippen LogP contribution in [0.1, 0.15) is 27.2 Å². The van der Waals surface area contributed by atoms with Crippen molar-refractivity contribution in [2.24, 2.45) is 5.92 Å². The van der Waals surface area contributed by atoms with Crippen molar-refractivity contribution in [3.63, 3.8) is 0 Å². The van der Waals surface area contributed by atoms with Crippen LogP contribution in [-0.4, -0.2) is 47.2 Å². The fourth-order valence-electron chi connectivity index (χ4n) is 3.02. The van der Waals surface area contributed by atoms with E-state index in [9.17, 15) is 18.0 Å². The third-order valence-electron chi connectivity index (χ3n) is 4.53. The van der Waals surface area contributed by atoms with Crippen molar-refractivity contribution in [1.82, 2.24) is 14.9 Å². The van der Waals surface area contributed by atoms with Gasteiger partial charge in [0.2, 0.25) is 17.8 Å². The minimum Gasteiger partial charge on any atom is -0.337 e. The average molecular weight is 417 g/mol. The summed E-state index contributed by atoms with van der Waals surface area (Å²) in [6, 6.07) is 7.32. The number of benzene rings is 1. The molecule has 3 rings (SSSR count). The molecule has 2 amide bonds. The number of aromatic nitrogens is 2. The van der Waals surface area contributed by atoms with Crippen LogP contribution in [0.3, 0.4) is 0 Å². The zero-order valence-corrected chi connectivity index (χ0v) is 17.2. The molecule has 0 saturated carbocycles. The monoisotopic (exact) mass is 417 g/mol. The summed E-state index contributed by atoms with van der Waals surface area (Å²) >= 11 is 0. The number of amides is 2. The molecule has 1 fully saturated rings. The molecule has 1 aromatic carbocycles. The molecule has 9 nitrogen and oxygen atoms in total. The Morgan fingerprint density at radius 2 is 1.76 bits per heavy atom. The zero-order chi connectivity index (χ0) is 21.2. The molecule has 0 bridgehead atoms. The van der Waals surface area contributed by atoms with Gasteiger partial charge < -0.3 is 10.2 Å². The van der Waals surface area contributed by atoms with Gasteiger partial charge in [0.15, 0.2) is 0 Å². The number of anilines is 2. The molecule has 1 atom stereocenters. The lowest BCUT2D eigenvalue weighted by Crippen LogP contribution is -2.42. The van der Waals surface area contributed by atoms with Gasteiger partial charge in [-0.25, -0.2) is 23.1 Å². The fraction of sp³-hybridized carbons (Fsp3) is 0.368. The highest BCUT2D eigenvalue weighted by Crippen LogP contribution is 2.27. The Balaban J connectivity index is 1.65. The molecule has 1 saturated heterocycles. The SMILES string of the molecule is CC(C)(C)N1C[C@H](C(=O)Nc2ccc(S(=O)(=O)Nc3ncccn3)cc2)CC1=O. The molecular weight excluding hydrogens is 394 g/mol. The third-order valence-corrected chi connectivity index (χ3v) is 5.87. The van der Waals surface area contributed by atoms with E-state index >= 15 is 0 Å². The van der Waals surface area contributed by atoms with Gasteiger partial charge >= 0.3 is 0 Å². The van der Waals surface area contributed by atoms with Crippen molar-refractivity contribution >= 4 is 33.5 Å². The van der Waals surface area contributed by atoms with Gasteiger partial charge in [0.05, 0.1) is 10.8 Å². The van der Waals surface area contributed by atoms with Gasteiger partial charge in [-0.3, -0.25) is 9.59 Å². The second-order valence-electron chi connectivity index (χ2n) is 7.77. The average Bonchev–Trinajstić information content (AvgIpc) is 3.05. The summed E-state index contributed by atoms with van der Waals surface area (Å²) < 4.78 is 27.1. The number of hydrogen-bond donors (Lipinski definition) is 2. The zero-order valence-electron chi connectivity index (χ0n) is 16.4. The van der Waals surface area contributed by atoms with E-state index in [-0.39, 0.29) is 34.6 Å². The molecule has 0 unspecified atom stereocenters. The molecule has 10 heteroatoms. The number of likely N-dealkylation sites (tertiary alicyclic amines) is 1. The predicted octanol–water partition coefficient (Wildman–Crippen LogP) is 1.86. The van der Waals surface area contributed by atoms with Gasteiger partial charge in [-0.1, -0.05) is 0 Å². The topological polar surface area (TPSA) is 121 Å². The van der Waals surface area contributed by atoms with Crippen LogP contribution < -0.4 is 10.0 Å². The minimum atomic E-state index is -3.84. The summed E-state index contributed by atoms with van der Waals surface area (Å²) in [6.07, 6.45) is 3.02. The predicted molar refractivity (Wildman–Crippen MR) is 107 cm³/mol. The summed E-state index contributed by atoms with van der Waals surface area (Å²) in [7, 11) is -3.84. The molecule has 2 heterocycles. The molecule has 0 radical (unpaired) electrons. The van der Waals surface area contributed by atoms with Crippen LogP contribution in [0, 0.1) is 5.92 Å². The summed E-state index contributed by atoms with van der Waals surface area (Å²) in [6.45, 7) is 6.15. The first kappa shape index (κ1) is 20.7. The number of carbonyl (C=O) groups excluding carboxylic acids is 2. The van der Waals surface area contributed by atoms with Gasteiger partial charge in [-0.2, -0.15) is 0 Å². The van der Waals surface area contributed by atoms with Crippen molar-refractivity contribution < 1.29 is 18.0 Å². The molecular formula is C19H23N5O4S. The highest BCUT2D eigenvalue weighted by atomic mass is 32.2. The summed E-state index contributed by atoms with van der Waals surface area (Å²) in [5.74, 6) is -0.786. The Labute approximate surface area is 169 Å². The van der Waals surface area contributed by atoms with Gasteiger partial charge in [0.1, 0.15) is 0 Å². The first-order valence-corrected chi connectivity index (χ1v) is 10.6. The lowest BCUT2D eigenvalue weighted by molar-refractivity contribution is -0.131. The van der Waals surface area contributed by atoms with Crippen LogP contribution >= 0.6 is 0 Å². The molecule has 154 valence electrons. The summed E-state index contributed by atoms with van der Waals surface area (Å²) in [5, 5.41) is 2.75. The smallest absolute Gasteiger partial charge is 0.264 e.